The Labute approximate surface area is 169 Å². The molecule has 0 aliphatic carbocycles. The van der Waals surface area contributed by atoms with Crippen LogP contribution < -0.4 is 16.4 Å². The SMILES string of the molecule is CC.NC1OC1CNC(=O)CNC(=O)CCCCCN1C(=O)CC(S)C1=O.[HH].[HH].[HH]. The number of hydrogen-bond donors (Lipinski definition) is 4. The number of nitrogens with one attached hydrogen (secondary N) is 2. The number of rotatable bonds is 10. The number of amides is 4. The van der Waals surface area contributed by atoms with E-state index in [1.54, 1.807) is 0 Å². The highest BCUT2D eigenvalue weighted by molar-refractivity contribution is 7.81. The molecule has 9 nitrogen and oxygen atoms in total. The van der Waals surface area contributed by atoms with Crippen molar-refractivity contribution < 1.29 is 28.2 Å². The number of nitrogens with zero attached hydrogens (tertiary/aromatic N) is 1. The zero-order valence-corrected chi connectivity index (χ0v) is 16.8. The maximum Gasteiger partial charge on any atom is 0.242 e. The van der Waals surface area contributed by atoms with Gasteiger partial charge in [0.05, 0.1) is 11.8 Å². The lowest BCUT2D eigenvalue weighted by molar-refractivity contribution is -0.138. The summed E-state index contributed by atoms with van der Waals surface area (Å²) in [6, 6.07) is 0. The van der Waals surface area contributed by atoms with Gasteiger partial charge in [-0.05, 0) is 12.8 Å². The van der Waals surface area contributed by atoms with Gasteiger partial charge in [0.1, 0.15) is 12.3 Å². The number of likely N-dealkylation sites (tertiary alicyclic amines) is 1. The first-order valence-corrected chi connectivity index (χ1v) is 9.87. The van der Waals surface area contributed by atoms with Crippen LogP contribution in [0.2, 0.25) is 0 Å². The van der Waals surface area contributed by atoms with Crippen molar-refractivity contribution in [1.29, 1.82) is 0 Å². The van der Waals surface area contributed by atoms with Crippen LogP contribution in [0.3, 0.4) is 0 Å². The highest BCUT2D eigenvalue weighted by Crippen LogP contribution is 2.18. The van der Waals surface area contributed by atoms with E-state index in [0.717, 1.165) is 0 Å². The monoisotopic (exact) mass is 408 g/mol. The molecule has 3 atom stereocenters. The van der Waals surface area contributed by atoms with Crippen LogP contribution in [-0.4, -0.2) is 65.7 Å². The van der Waals surface area contributed by atoms with Crippen LogP contribution in [0.15, 0.2) is 0 Å². The van der Waals surface area contributed by atoms with Gasteiger partial charge in [0, 0.05) is 30.2 Å². The summed E-state index contributed by atoms with van der Waals surface area (Å²) in [5, 5.41) is 4.63. The third-order valence-electron chi connectivity index (χ3n) is 4.07. The predicted octanol–water partition coefficient (Wildman–Crippen LogP) is 0.284. The molecule has 0 spiro atoms. The topological polar surface area (TPSA) is 134 Å². The van der Waals surface area contributed by atoms with Crippen LogP contribution in [0.5, 0.6) is 0 Å². The summed E-state index contributed by atoms with van der Waals surface area (Å²) in [5.41, 5.74) is 5.43. The van der Waals surface area contributed by atoms with Crippen LogP contribution >= 0.6 is 12.6 Å². The number of carbonyl (C=O) groups is 4. The second-order valence-electron chi connectivity index (χ2n) is 6.13. The minimum Gasteiger partial charge on any atom is -0.352 e. The van der Waals surface area contributed by atoms with Crippen LogP contribution in [0.4, 0.5) is 0 Å². The number of epoxide rings is 1. The third kappa shape index (κ3) is 8.27. The Bertz CT molecular complexity index is 559. The highest BCUT2D eigenvalue weighted by atomic mass is 32.1. The van der Waals surface area contributed by atoms with E-state index in [1.807, 2.05) is 13.8 Å². The van der Waals surface area contributed by atoms with E-state index < -0.39 is 5.25 Å². The van der Waals surface area contributed by atoms with Crippen molar-refractivity contribution >= 4 is 36.3 Å². The molecule has 27 heavy (non-hydrogen) atoms. The van der Waals surface area contributed by atoms with Crippen molar-refractivity contribution in [3.8, 4) is 0 Å². The molecule has 2 rings (SSSR count). The summed E-state index contributed by atoms with van der Waals surface area (Å²) in [6.07, 6.45) is 2.00. The molecular weight excluding hydrogens is 372 g/mol. The van der Waals surface area contributed by atoms with Crippen LogP contribution in [-0.2, 0) is 23.9 Å². The van der Waals surface area contributed by atoms with Crippen LogP contribution in [0.1, 0.15) is 50.2 Å². The Balaban J connectivity index is -0.00000141. The van der Waals surface area contributed by atoms with Gasteiger partial charge in [-0.1, -0.05) is 20.3 Å². The molecule has 0 aromatic carbocycles. The van der Waals surface area contributed by atoms with Gasteiger partial charge < -0.3 is 21.1 Å². The fraction of sp³-hybridized carbons (Fsp3) is 0.765. The summed E-state index contributed by atoms with van der Waals surface area (Å²) in [7, 11) is 0. The standard InChI is InChI=1S/C15H24N4O5S.C2H6.3H2/c16-14-9(24-14)7-17-12(21)8-18-11(20)4-2-1-3-5-19-13(22)6-10(25)15(19)23;1-2;;;/h9-10,14,25H,1-8,16H2,(H,17,21)(H,18,20);1-2H3;3*1H. The van der Waals surface area contributed by atoms with Gasteiger partial charge in [0.15, 0.2) is 0 Å². The van der Waals surface area contributed by atoms with E-state index in [4.69, 9.17) is 10.5 Å². The minimum atomic E-state index is -0.522. The Kier molecular flexibility index (Phi) is 10.3. The molecule has 4 amide bonds. The van der Waals surface area contributed by atoms with E-state index in [9.17, 15) is 19.2 Å². The third-order valence-corrected chi connectivity index (χ3v) is 4.48. The Morgan fingerprint density at radius 3 is 2.44 bits per heavy atom. The van der Waals surface area contributed by atoms with Crippen molar-refractivity contribution in [2.24, 2.45) is 5.73 Å². The summed E-state index contributed by atoms with van der Waals surface area (Å²) >= 11 is 4.06. The van der Waals surface area contributed by atoms with E-state index in [2.05, 4.69) is 23.3 Å². The highest BCUT2D eigenvalue weighted by Gasteiger charge is 2.36. The predicted molar refractivity (Wildman–Crippen MR) is 109 cm³/mol. The van der Waals surface area contributed by atoms with Crippen molar-refractivity contribution in [1.82, 2.24) is 15.5 Å². The van der Waals surface area contributed by atoms with Crippen molar-refractivity contribution in [2.45, 2.75) is 63.5 Å². The number of nitrogens with two attached hydrogens (primary N) is 1. The lowest BCUT2D eigenvalue weighted by Gasteiger charge is -2.13. The summed E-state index contributed by atoms with van der Waals surface area (Å²) < 4.78 is 4.95. The number of carbonyl (C=O) groups excluding carboxylic acids is 4. The fourth-order valence-electron chi connectivity index (χ4n) is 2.50. The van der Waals surface area contributed by atoms with Gasteiger partial charge in [-0.3, -0.25) is 24.1 Å². The fourth-order valence-corrected chi connectivity index (χ4v) is 2.79. The van der Waals surface area contributed by atoms with Gasteiger partial charge in [-0.25, -0.2) is 0 Å². The summed E-state index contributed by atoms with van der Waals surface area (Å²) in [6.45, 7) is 4.63. The van der Waals surface area contributed by atoms with E-state index >= 15 is 0 Å². The van der Waals surface area contributed by atoms with Crippen LogP contribution in [0, 0.1) is 0 Å². The van der Waals surface area contributed by atoms with Crippen molar-refractivity contribution in [2.75, 3.05) is 19.6 Å². The van der Waals surface area contributed by atoms with Gasteiger partial charge in [0.2, 0.25) is 23.6 Å². The molecule has 2 fully saturated rings. The van der Waals surface area contributed by atoms with Gasteiger partial charge in [0.25, 0.3) is 0 Å². The number of thiol groups is 1. The Morgan fingerprint density at radius 1 is 1.22 bits per heavy atom. The average molecular weight is 409 g/mol. The van der Waals surface area contributed by atoms with E-state index in [-0.39, 0.29) is 53.2 Å². The molecule has 160 valence electrons. The molecule has 4 N–H and O–H groups in total. The minimum absolute atomic E-state index is 0. The Morgan fingerprint density at radius 2 is 1.89 bits per heavy atom. The number of unbranched alkanes of at least 4 members (excludes halogenated alkanes) is 2. The molecule has 0 bridgehead atoms. The first kappa shape index (κ1) is 23.4. The molecule has 0 aromatic heterocycles. The number of hydrogen-bond acceptors (Lipinski definition) is 7. The van der Waals surface area contributed by atoms with Crippen molar-refractivity contribution in [3.05, 3.63) is 0 Å². The smallest absolute Gasteiger partial charge is 0.242 e. The largest absolute Gasteiger partial charge is 0.352 e. The first-order chi connectivity index (χ1) is 12.9. The molecule has 2 saturated heterocycles. The summed E-state index contributed by atoms with van der Waals surface area (Å²) in [4.78, 5) is 47.6. The summed E-state index contributed by atoms with van der Waals surface area (Å²) in [5.74, 6) is -0.928. The quantitative estimate of drug-likeness (QED) is 0.178. The second kappa shape index (κ2) is 11.9. The molecule has 0 radical (unpaired) electrons. The zero-order chi connectivity index (χ0) is 20.4. The molecule has 10 heteroatoms. The second-order valence-corrected chi connectivity index (χ2v) is 6.76. The van der Waals surface area contributed by atoms with Crippen molar-refractivity contribution in [3.63, 3.8) is 0 Å². The molecule has 0 saturated carbocycles. The van der Waals surface area contributed by atoms with Gasteiger partial charge in [-0.2, -0.15) is 12.6 Å². The molecule has 3 unspecified atom stereocenters. The van der Waals surface area contributed by atoms with Gasteiger partial charge in [-0.15, -0.1) is 0 Å². The maximum atomic E-state index is 11.7. The lowest BCUT2D eigenvalue weighted by Crippen LogP contribution is -2.38. The molecule has 0 aromatic rings. The zero-order valence-electron chi connectivity index (χ0n) is 15.9. The Hall–Kier alpha value is -1.65. The van der Waals surface area contributed by atoms with Gasteiger partial charge >= 0.3 is 0 Å². The first-order valence-electron chi connectivity index (χ1n) is 9.35. The lowest BCUT2D eigenvalue weighted by atomic mass is 10.2. The number of imide groups is 1. The average Bonchev–Trinajstić information content (AvgIpc) is 3.31. The normalized spacial score (nSPS) is 23.6. The molecule has 2 aliphatic rings. The van der Waals surface area contributed by atoms with E-state index in [1.165, 1.54) is 4.90 Å². The molecule has 2 aliphatic heterocycles. The van der Waals surface area contributed by atoms with E-state index in [0.29, 0.717) is 38.8 Å². The van der Waals surface area contributed by atoms with Crippen LogP contribution in [0.25, 0.3) is 0 Å². The number of ether oxygens (including phenoxy) is 1. The maximum absolute atomic E-state index is 11.7. The molecular formula is C17H36N4O5S. The molecule has 2 heterocycles.